The molecule has 8 nitrogen and oxygen atoms in total. The first-order chi connectivity index (χ1) is 16.4. The lowest BCUT2D eigenvalue weighted by Crippen LogP contribution is -2.26. The molecule has 3 aromatic heterocycles. The van der Waals surface area contributed by atoms with Gasteiger partial charge in [-0.25, -0.2) is 4.98 Å². The Labute approximate surface area is 204 Å². The van der Waals surface area contributed by atoms with Crippen molar-refractivity contribution in [1.29, 1.82) is 0 Å². The van der Waals surface area contributed by atoms with E-state index in [1.807, 2.05) is 24.3 Å². The fourth-order valence-electron chi connectivity index (χ4n) is 4.08. The van der Waals surface area contributed by atoms with Crippen molar-refractivity contribution in [3.63, 3.8) is 0 Å². The van der Waals surface area contributed by atoms with E-state index < -0.39 is 5.25 Å². The number of rotatable bonds is 6. The summed E-state index contributed by atoms with van der Waals surface area (Å²) in [5, 5.41) is 7.17. The number of anilines is 1. The van der Waals surface area contributed by atoms with Gasteiger partial charge in [0.2, 0.25) is 11.8 Å². The Morgan fingerprint density at radius 2 is 2.03 bits per heavy atom. The Morgan fingerprint density at radius 3 is 2.74 bits per heavy atom. The second-order valence-corrected chi connectivity index (χ2v) is 10.6. The van der Waals surface area contributed by atoms with Crippen LogP contribution in [0.25, 0.3) is 15.9 Å². The SMILES string of the molecule is COc1ccc(-n2c(SC(C)C(=O)Nc3cc(C)no3)nc3sc4c(c3c2=O)CCCC4)cc1. The maximum atomic E-state index is 13.8. The van der Waals surface area contributed by atoms with E-state index in [-0.39, 0.29) is 17.4 Å². The summed E-state index contributed by atoms with van der Waals surface area (Å²) in [4.78, 5) is 33.5. The monoisotopic (exact) mass is 496 g/mol. The van der Waals surface area contributed by atoms with E-state index in [9.17, 15) is 9.59 Å². The van der Waals surface area contributed by atoms with Crippen LogP contribution in [0.15, 0.2) is 44.8 Å². The molecule has 3 heterocycles. The number of fused-ring (bicyclic) bond motifs is 3. The second kappa shape index (κ2) is 9.27. The number of carbonyl (C=O) groups is 1. The smallest absolute Gasteiger partial charge is 0.267 e. The van der Waals surface area contributed by atoms with Crippen LogP contribution < -0.4 is 15.6 Å². The molecule has 0 saturated carbocycles. The zero-order valence-electron chi connectivity index (χ0n) is 19.1. The average Bonchev–Trinajstić information content (AvgIpc) is 3.42. The minimum absolute atomic E-state index is 0.101. The summed E-state index contributed by atoms with van der Waals surface area (Å²) < 4.78 is 12.0. The molecule has 10 heteroatoms. The topological polar surface area (TPSA) is 99.2 Å². The lowest BCUT2D eigenvalue weighted by Gasteiger charge is -2.16. The molecule has 1 aliphatic rings. The summed E-state index contributed by atoms with van der Waals surface area (Å²) in [6.07, 6.45) is 4.09. The van der Waals surface area contributed by atoms with Gasteiger partial charge in [0.25, 0.3) is 5.56 Å². The maximum absolute atomic E-state index is 13.8. The molecular weight excluding hydrogens is 472 g/mol. The number of aryl methyl sites for hydroxylation is 3. The van der Waals surface area contributed by atoms with Crippen molar-refractivity contribution in [3.8, 4) is 11.4 Å². The predicted octanol–water partition coefficient (Wildman–Crippen LogP) is 4.75. The lowest BCUT2D eigenvalue weighted by atomic mass is 9.97. The largest absolute Gasteiger partial charge is 0.497 e. The number of benzene rings is 1. The van der Waals surface area contributed by atoms with Crippen molar-refractivity contribution < 1.29 is 14.1 Å². The van der Waals surface area contributed by atoms with Crippen molar-refractivity contribution in [3.05, 3.63) is 56.8 Å². The molecule has 0 fully saturated rings. The number of thiophene rings is 1. The molecule has 5 rings (SSSR count). The highest BCUT2D eigenvalue weighted by Gasteiger charge is 2.25. The summed E-state index contributed by atoms with van der Waals surface area (Å²) in [7, 11) is 1.60. The fourth-order valence-corrected chi connectivity index (χ4v) is 6.31. The molecule has 1 N–H and O–H groups in total. The first kappa shape index (κ1) is 22.7. The molecule has 1 aliphatic carbocycles. The van der Waals surface area contributed by atoms with Gasteiger partial charge in [-0.3, -0.25) is 19.5 Å². The minimum Gasteiger partial charge on any atom is -0.497 e. The highest BCUT2D eigenvalue weighted by Crippen LogP contribution is 2.36. The molecule has 176 valence electrons. The maximum Gasteiger partial charge on any atom is 0.267 e. The van der Waals surface area contributed by atoms with Crippen LogP contribution in [0.3, 0.4) is 0 Å². The van der Waals surface area contributed by atoms with E-state index in [1.165, 1.54) is 16.6 Å². The minimum atomic E-state index is -0.533. The number of methoxy groups -OCH3 is 1. The van der Waals surface area contributed by atoms with E-state index >= 15 is 0 Å². The number of hydrogen-bond donors (Lipinski definition) is 1. The van der Waals surface area contributed by atoms with Crippen LogP contribution in [-0.4, -0.2) is 33.0 Å². The van der Waals surface area contributed by atoms with Crippen molar-refractivity contribution in [2.75, 3.05) is 12.4 Å². The van der Waals surface area contributed by atoms with Gasteiger partial charge in [-0.05, 0) is 69.4 Å². The molecule has 4 aromatic rings. The fraction of sp³-hybridized carbons (Fsp3) is 0.333. The number of nitrogens with one attached hydrogen (secondary N) is 1. The average molecular weight is 497 g/mol. The normalized spacial score (nSPS) is 14.1. The van der Waals surface area contributed by atoms with Gasteiger partial charge in [0.15, 0.2) is 5.16 Å². The molecule has 34 heavy (non-hydrogen) atoms. The van der Waals surface area contributed by atoms with E-state index in [4.69, 9.17) is 14.2 Å². The van der Waals surface area contributed by atoms with Gasteiger partial charge in [0.1, 0.15) is 10.6 Å². The van der Waals surface area contributed by atoms with Crippen molar-refractivity contribution in [2.24, 2.45) is 0 Å². The molecule has 0 saturated heterocycles. The van der Waals surface area contributed by atoms with Crippen LogP contribution in [0.2, 0.25) is 0 Å². The summed E-state index contributed by atoms with van der Waals surface area (Å²) >= 11 is 2.83. The van der Waals surface area contributed by atoms with E-state index in [2.05, 4.69) is 10.5 Å². The van der Waals surface area contributed by atoms with Gasteiger partial charge in [-0.2, -0.15) is 0 Å². The Bertz CT molecular complexity index is 1420. The molecule has 1 unspecified atom stereocenters. The van der Waals surface area contributed by atoms with E-state index in [1.54, 1.807) is 42.9 Å². The number of carbonyl (C=O) groups excluding carboxylic acids is 1. The van der Waals surface area contributed by atoms with E-state index in [0.717, 1.165) is 36.1 Å². The first-order valence-electron chi connectivity index (χ1n) is 11.1. The number of nitrogens with zero attached hydrogens (tertiary/aromatic N) is 3. The Morgan fingerprint density at radius 1 is 1.26 bits per heavy atom. The molecule has 1 amide bonds. The highest BCUT2D eigenvalue weighted by atomic mass is 32.2. The van der Waals surface area contributed by atoms with Gasteiger partial charge in [0, 0.05) is 10.9 Å². The Hall–Kier alpha value is -3.11. The van der Waals surface area contributed by atoms with Gasteiger partial charge in [0.05, 0.1) is 29.1 Å². The van der Waals surface area contributed by atoms with Crippen LogP contribution in [0.5, 0.6) is 5.75 Å². The van der Waals surface area contributed by atoms with Crippen molar-refractivity contribution in [1.82, 2.24) is 14.7 Å². The van der Waals surface area contributed by atoms with Crippen molar-refractivity contribution >= 4 is 45.1 Å². The van der Waals surface area contributed by atoms with E-state index in [0.29, 0.717) is 27.7 Å². The molecule has 0 radical (unpaired) electrons. The Kier molecular flexibility index (Phi) is 6.18. The number of thioether (sulfide) groups is 1. The van der Waals surface area contributed by atoms with Crippen LogP contribution in [0.1, 0.15) is 35.9 Å². The third-order valence-electron chi connectivity index (χ3n) is 5.81. The number of aromatic nitrogens is 3. The van der Waals surface area contributed by atoms with Gasteiger partial charge < -0.3 is 9.26 Å². The number of amides is 1. The van der Waals surface area contributed by atoms with Gasteiger partial charge >= 0.3 is 0 Å². The zero-order valence-corrected chi connectivity index (χ0v) is 20.7. The zero-order chi connectivity index (χ0) is 23.8. The van der Waals surface area contributed by atoms with Gasteiger partial charge in [-0.1, -0.05) is 16.9 Å². The number of ether oxygens (including phenoxy) is 1. The second-order valence-electron chi connectivity index (χ2n) is 8.21. The van der Waals surface area contributed by atoms with Crippen LogP contribution in [0, 0.1) is 6.92 Å². The summed E-state index contributed by atoms with van der Waals surface area (Å²) in [6, 6.07) is 8.94. The van der Waals surface area contributed by atoms with Crippen LogP contribution in [0.4, 0.5) is 5.88 Å². The summed E-state index contributed by atoms with van der Waals surface area (Å²) in [6.45, 7) is 3.56. The van der Waals surface area contributed by atoms with Crippen LogP contribution in [-0.2, 0) is 17.6 Å². The summed E-state index contributed by atoms with van der Waals surface area (Å²) in [5.74, 6) is 0.724. The highest BCUT2D eigenvalue weighted by molar-refractivity contribution is 8.00. The molecule has 1 atom stereocenters. The van der Waals surface area contributed by atoms with Gasteiger partial charge in [-0.15, -0.1) is 11.3 Å². The standard InChI is InChI=1S/C24H24N4O4S2/c1-13-12-19(32-27-13)25-21(29)14(2)33-24-26-22-20(17-6-4-5-7-18(17)34-22)23(30)28(24)15-8-10-16(31-3)11-9-15/h8-12,14H,4-7H2,1-3H3,(H,25,29). The first-order valence-corrected chi connectivity index (χ1v) is 12.8. The third kappa shape index (κ3) is 4.23. The Balaban J connectivity index is 1.57. The number of hydrogen-bond acceptors (Lipinski definition) is 8. The molecule has 0 aliphatic heterocycles. The lowest BCUT2D eigenvalue weighted by molar-refractivity contribution is -0.115. The quantitative estimate of drug-likeness (QED) is 0.304. The third-order valence-corrected chi connectivity index (χ3v) is 8.05. The predicted molar refractivity (Wildman–Crippen MR) is 134 cm³/mol. The molecule has 0 bridgehead atoms. The van der Waals surface area contributed by atoms with Crippen molar-refractivity contribution in [2.45, 2.75) is 49.9 Å². The molecule has 1 aromatic carbocycles. The van der Waals surface area contributed by atoms with Crippen LogP contribution >= 0.6 is 23.1 Å². The molecule has 0 spiro atoms. The summed E-state index contributed by atoms with van der Waals surface area (Å²) in [5.41, 5.74) is 2.39. The molecular formula is C24H24N4O4S2.